The number of ether oxygens (including phenoxy) is 1. The van der Waals surface area contributed by atoms with Crippen LogP contribution in [0, 0.1) is 0 Å². The summed E-state index contributed by atoms with van der Waals surface area (Å²) in [5.41, 5.74) is 6.00. The number of anilines is 2. The number of nitrogen functional groups attached to an aromatic ring is 1. The predicted molar refractivity (Wildman–Crippen MR) is 109 cm³/mol. The van der Waals surface area contributed by atoms with Crippen molar-refractivity contribution < 1.29 is 13.2 Å². The average molecular weight is 426 g/mol. The Balaban J connectivity index is 1.85. The highest BCUT2D eigenvalue weighted by Gasteiger charge is 2.26. The first kappa shape index (κ1) is 20.6. The fraction of sp³-hybridized carbons (Fsp3) is 0.444. The zero-order valence-corrected chi connectivity index (χ0v) is 17.7. The fourth-order valence-corrected chi connectivity index (χ4v) is 4.72. The van der Waals surface area contributed by atoms with E-state index in [1.165, 1.54) is 31.5 Å². The van der Waals surface area contributed by atoms with Crippen LogP contribution in [-0.2, 0) is 9.84 Å². The zero-order chi connectivity index (χ0) is 20.5. The Bertz CT molecular complexity index is 960. The summed E-state index contributed by atoms with van der Waals surface area (Å²) < 4.78 is 30.9. The summed E-state index contributed by atoms with van der Waals surface area (Å²) in [5.74, 6) is 0.747. The van der Waals surface area contributed by atoms with Gasteiger partial charge in [-0.25, -0.2) is 13.4 Å². The Hall–Kier alpha value is -2.10. The second-order valence-corrected chi connectivity index (χ2v) is 9.16. The number of aromatic nitrogens is 2. The summed E-state index contributed by atoms with van der Waals surface area (Å²) in [7, 11) is -2.44. The quantitative estimate of drug-likeness (QED) is 0.776. The standard InChI is InChI=1S/C18H24ClN5O3S/c1-12(2)23-6-8-24(9-7-23)18-21-11-16(17(20)22-18)28(25,26)13-4-5-15(27-3)14(19)10-13/h4-5,10-12H,6-9H2,1-3H3,(H2,20,21,22). The van der Waals surface area contributed by atoms with Crippen LogP contribution in [0.2, 0.25) is 5.02 Å². The van der Waals surface area contributed by atoms with E-state index in [-0.39, 0.29) is 20.6 Å². The smallest absolute Gasteiger partial charge is 0.227 e. The molecule has 1 aliphatic heterocycles. The van der Waals surface area contributed by atoms with Gasteiger partial charge in [-0.05, 0) is 32.0 Å². The fourth-order valence-electron chi connectivity index (χ4n) is 3.11. The van der Waals surface area contributed by atoms with Gasteiger partial charge in [-0.3, -0.25) is 4.90 Å². The van der Waals surface area contributed by atoms with Crippen LogP contribution >= 0.6 is 11.6 Å². The van der Waals surface area contributed by atoms with Gasteiger partial charge in [0.1, 0.15) is 16.5 Å². The third-order valence-electron chi connectivity index (χ3n) is 4.82. The lowest BCUT2D eigenvalue weighted by Crippen LogP contribution is -2.49. The number of sulfone groups is 1. The van der Waals surface area contributed by atoms with E-state index in [9.17, 15) is 8.42 Å². The summed E-state index contributed by atoms with van der Waals surface area (Å²) in [5, 5.41) is 0.197. The van der Waals surface area contributed by atoms with Crippen LogP contribution in [-0.4, -0.2) is 62.6 Å². The van der Waals surface area contributed by atoms with Crippen LogP contribution in [0.25, 0.3) is 0 Å². The van der Waals surface area contributed by atoms with Crippen molar-refractivity contribution in [1.29, 1.82) is 0 Å². The number of hydrogen-bond acceptors (Lipinski definition) is 8. The van der Waals surface area contributed by atoms with Crippen molar-refractivity contribution in [1.82, 2.24) is 14.9 Å². The van der Waals surface area contributed by atoms with E-state index in [1.54, 1.807) is 0 Å². The lowest BCUT2D eigenvalue weighted by Gasteiger charge is -2.36. The summed E-state index contributed by atoms with van der Waals surface area (Å²) in [4.78, 5) is 12.8. The zero-order valence-electron chi connectivity index (χ0n) is 16.1. The van der Waals surface area contributed by atoms with Crippen molar-refractivity contribution in [2.75, 3.05) is 43.9 Å². The van der Waals surface area contributed by atoms with Gasteiger partial charge in [0.15, 0.2) is 0 Å². The van der Waals surface area contributed by atoms with E-state index in [4.69, 9.17) is 22.1 Å². The van der Waals surface area contributed by atoms with Gasteiger partial charge in [0, 0.05) is 32.2 Å². The third kappa shape index (κ3) is 4.01. The molecule has 10 heteroatoms. The lowest BCUT2D eigenvalue weighted by molar-refractivity contribution is 0.208. The highest BCUT2D eigenvalue weighted by atomic mass is 35.5. The largest absolute Gasteiger partial charge is 0.495 e. The number of rotatable bonds is 5. The van der Waals surface area contributed by atoms with Crippen molar-refractivity contribution in [2.45, 2.75) is 29.7 Å². The number of benzene rings is 1. The summed E-state index contributed by atoms with van der Waals surface area (Å²) >= 11 is 6.06. The molecule has 2 aromatic rings. The molecule has 28 heavy (non-hydrogen) atoms. The minimum Gasteiger partial charge on any atom is -0.495 e. The monoisotopic (exact) mass is 425 g/mol. The second-order valence-electron chi connectivity index (χ2n) is 6.84. The maximum absolute atomic E-state index is 12.9. The second kappa shape index (κ2) is 8.10. The minimum atomic E-state index is -3.90. The molecular formula is C18H24ClN5O3S. The van der Waals surface area contributed by atoms with Crippen molar-refractivity contribution in [2.24, 2.45) is 0 Å². The van der Waals surface area contributed by atoms with E-state index >= 15 is 0 Å². The van der Waals surface area contributed by atoms with Gasteiger partial charge in [-0.2, -0.15) is 4.98 Å². The molecule has 0 saturated carbocycles. The normalized spacial score (nSPS) is 15.8. The first-order valence-corrected chi connectivity index (χ1v) is 10.8. The maximum Gasteiger partial charge on any atom is 0.227 e. The molecule has 8 nitrogen and oxygen atoms in total. The molecule has 0 bridgehead atoms. The van der Waals surface area contributed by atoms with Crippen LogP contribution in [0.4, 0.5) is 11.8 Å². The van der Waals surface area contributed by atoms with E-state index < -0.39 is 9.84 Å². The van der Waals surface area contributed by atoms with Crippen LogP contribution in [0.3, 0.4) is 0 Å². The van der Waals surface area contributed by atoms with Gasteiger partial charge >= 0.3 is 0 Å². The Labute approximate surface area is 170 Å². The van der Waals surface area contributed by atoms with Crippen molar-refractivity contribution in [3.8, 4) is 5.75 Å². The number of piperazine rings is 1. The molecule has 2 heterocycles. The van der Waals surface area contributed by atoms with Crippen molar-refractivity contribution in [3.05, 3.63) is 29.4 Å². The van der Waals surface area contributed by atoms with Crippen LogP contribution < -0.4 is 15.4 Å². The average Bonchev–Trinajstić information content (AvgIpc) is 2.67. The molecule has 1 saturated heterocycles. The number of methoxy groups -OCH3 is 1. The minimum absolute atomic E-state index is 0.00639. The Morgan fingerprint density at radius 1 is 1.21 bits per heavy atom. The van der Waals surface area contributed by atoms with E-state index in [1.807, 2.05) is 4.90 Å². The van der Waals surface area contributed by atoms with Crippen LogP contribution in [0.5, 0.6) is 5.75 Å². The van der Waals surface area contributed by atoms with Gasteiger partial charge < -0.3 is 15.4 Å². The van der Waals surface area contributed by atoms with Gasteiger partial charge in [-0.1, -0.05) is 11.6 Å². The predicted octanol–water partition coefficient (Wildman–Crippen LogP) is 2.08. The molecule has 2 N–H and O–H groups in total. The Kier molecular flexibility index (Phi) is 5.97. The van der Waals surface area contributed by atoms with Gasteiger partial charge in [0.05, 0.1) is 23.2 Å². The van der Waals surface area contributed by atoms with Crippen LogP contribution in [0.15, 0.2) is 34.2 Å². The lowest BCUT2D eigenvalue weighted by atomic mass is 10.2. The van der Waals surface area contributed by atoms with Crippen molar-refractivity contribution >= 4 is 33.2 Å². The number of nitrogens with zero attached hydrogens (tertiary/aromatic N) is 4. The van der Waals surface area contributed by atoms with Gasteiger partial charge in [0.25, 0.3) is 0 Å². The van der Waals surface area contributed by atoms with E-state index in [0.717, 1.165) is 26.2 Å². The first-order chi connectivity index (χ1) is 13.2. The number of hydrogen-bond donors (Lipinski definition) is 1. The highest BCUT2D eigenvalue weighted by Crippen LogP contribution is 2.31. The Morgan fingerprint density at radius 2 is 1.89 bits per heavy atom. The molecule has 1 fully saturated rings. The molecular weight excluding hydrogens is 402 g/mol. The molecule has 0 amide bonds. The summed E-state index contributed by atoms with van der Waals surface area (Å²) in [6, 6.07) is 4.72. The van der Waals surface area contributed by atoms with Gasteiger partial charge in [-0.15, -0.1) is 0 Å². The molecule has 0 atom stereocenters. The highest BCUT2D eigenvalue weighted by molar-refractivity contribution is 7.91. The molecule has 152 valence electrons. The molecule has 0 radical (unpaired) electrons. The Morgan fingerprint density at radius 3 is 2.43 bits per heavy atom. The summed E-state index contributed by atoms with van der Waals surface area (Å²) in [6.07, 6.45) is 1.26. The van der Waals surface area contributed by atoms with Gasteiger partial charge in [0.2, 0.25) is 15.8 Å². The molecule has 0 aliphatic carbocycles. The topological polar surface area (TPSA) is 102 Å². The first-order valence-electron chi connectivity index (χ1n) is 8.94. The number of nitrogens with two attached hydrogens (primary N) is 1. The molecule has 3 rings (SSSR count). The number of halogens is 1. The van der Waals surface area contributed by atoms with Crippen LogP contribution in [0.1, 0.15) is 13.8 Å². The SMILES string of the molecule is COc1ccc(S(=O)(=O)c2cnc(N3CCN(C(C)C)CC3)nc2N)cc1Cl. The molecule has 1 aromatic heterocycles. The van der Waals surface area contributed by atoms with Crippen molar-refractivity contribution in [3.63, 3.8) is 0 Å². The molecule has 0 unspecified atom stereocenters. The molecule has 1 aliphatic rings. The molecule has 1 aromatic carbocycles. The van der Waals surface area contributed by atoms with E-state index in [2.05, 4.69) is 28.7 Å². The molecule has 0 spiro atoms. The van der Waals surface area contributed by atoms with E-state index in [0.29, 0.717) is 17.7 Å². The third-order valence-corrected chi connectivity index (χ3v) is 6.88. The summed E-state index contributed by atoms with van der Waals surface area (Å²) in [6.45, 7) is 7.64. The maximum atomic E-state index is 12.9.